The quantitative estimate of drug-likeness (QED) is 0.743. The number of morpholine rings is 1. The van der Waals surface area contributed by atoms with Crippen molar-refractivity contribution < 1.29 is 22.7 Å². The van der Waals surface area contributed by atoms with Crippen molar-refractivity contribution in [2.24, 2.45) is 0 Å². The highest BCUT2D eigenvalue weighted by atomic mass is 32.2. The molecule has 2 aromatic carbocycles. The smallest absolute Gasteiger partial charge is 0.332 e. The maximum Gasteiger partial charge on any atom is 0.332 e. The summed E-state index contributed by atoms with van der Waals surface area (Å²) in [5.41, 5.74) is 0.247. The van der Waals surface area contributed by atoms with Crippen molar-refractivity contribution in [3.8, 4) is 0 Å². The molecule has 2 atom stereocenters. The van der Waals surface area contributed by atoms with E-state index in [2.05, 4.69) is 10.0 Å². The van der Waals surface area contributed by atoms with Crippen molar-refractivity contribution in [3.05, 3.63) is 65.7 Å². The Morgan fingerprint density at radius 2 is 1.64 bits per heavy atom. The third-order valence-corrected chi connectivity index (χ3v) is 5.97. The summed E-state index contributed by atoms with van der Waals surface area (Å²) in [6, 6.07) is 13.8. The fourth-order valence-electron chi connectivity index (χ4n) is 2.88. The molecule has 1 aliphatic rings. The Hall–Kier alpha value is -2.71. The lowest BCUT2D eigenvalue weighted by molar-refractivity contribution is -0.172. The molecule has 1 saturated heterocycles. The Morgan fingerprint density at radius 1 is 1.04 bits per heavy atom. The summed E-state index contributed by atoms with van der Waals surface area (Å²) < 4.78 is 33.7. The van der Waals surface area contributed by atoms with Crippen LogP contribution in [0.3, 0.4) is 0 Å². The molecule has 3 rings (SSSR count). The van der Waals surface area contributed by atoms with Crippen LogP contribution in [0.4, 0.5) is 0 Å². The molecule has 0 spiro atoms. The van der Waals surface area contributed by atoms with E-state index in [0.29, 0.717) is 5.56 Å². The molecule has 148 valence electrons. The van der Waals surface area contributed by atoms with Crippen molar-refractivity contribution in [2.75, 3.05) is 0 Å². The number of carbonyl (C=O) groups excluding carboxylic acids is 2. The molecule has 0 aromatic heterocycles. The van der Waals surface area contributed by atoms with Crippen LogP contribution in [0.1, 0.15) is 31.0 Å². The first-order valence-corrected chi connectivity index (χ1v) is 10.3. The minimum Gasteiger partial charge on any atom is -0.448 e. The van der Waals surface area contributed by atoms with Gasteiger partial charge in [0, 0.05) is 0 Å². The third kappa shape index (κ3) is 4.07. The zero-order valence-electron chi connectivity index (χ0n) is 15.8. The molecule has 2 N–H and O–H groups in total. The van der Waals surface area contributed by atoms with Gasteiger partial charge in [0.2, 0.25) is 16.1 Å². The molecule has 0 aliphatic carbocycles. The highest BCUT2D eigenvalue weighted by Gasteiger charge is 2.46. The van der Waals surface area contributed by atoms with E-state index in [1.165, 1.54) is 26.0 Å². The van der Waals surface area contributed by atoms with E-state index in [0.717, 1.165) is 5.56 Å². The fraction of sp³-hybridized carbons (Fsp3) is 0.300. The number of cyclic esters (lactones) is 1. The van der Waals surface area contributed by atoms with Gasteiger partial charge in [0.05, 0.1) is 10.9 Å². The van der Waals surface area contributed by atoms with Gasteiger partial charge in [-0.05, 0) is 38.5 Å². The monoisotopic (exact) mass is 402 g/mol. The second-order valence-corrected chi connectivity index (χ2v) is 8.98. The maximum absolute atomic E-state index is 12.9. The minimum absolute atomic E-state index is 0.0573. The third-order valence-electron chi connectivity index (χ3n) is 4.51. The number of ether oxygens (including phenoxy) is 1. The molecule has 0 radical (unpaired) electrons. The lowest BCUT2D eigenvalue weighted by Crippen LogP contribution is -2.62. The normalized spacial score (nSPS) is 20.2. The van der Waals surface area contributed by atoms with Gasteiger partial charge in [-0.15, -0.1) is 0 Å². The lowest BCUT2D eigenvalue weighted by atomic mass is 9.97. The summed E-state index contributed by atoms with van der Waals surface area (Å²) in [5.74, 6) is -1.20. The molecule has 8 heteroatoms. The van der Waals surface area contributed by atoms with E-state index >= 15 is 0 Å². The van der Waals surface area contributed by atoms with Gasteiger partial charge in [-0.1, -0.05) is 48.0 Å². The number of rotatable bonds is 5. The Kier molecular flexibility index (Phi) is 5.27. The second kappa shape index (κ2) is 7.37. The van der Waals surface area contributed by atoms with E-state index in [9.17, 15) is 18.0 Å². The van der Waals surface area contributed by atoms with E-state index in [1.807, 2.05) is 6.92 Å². The summed E-state index contributed by atoms with van der Waals surface area (Å²) in [7, 11) is -3.96. The molecular weight excluding hydrogens is 380 g/mol. The van der Waals surface area contributed by atoms with Crippen molar-refractivity contribution in [3.63, 3.8) is 0 Å². The van der Waals surface area contributed by atoms with Gasteiger partial charge in [-0.3, -0.25) is 4.79 Å². The van der Waals surface area contributed by atoms with Gasteiger partial charge < -0.3 is 10.1 Å². The molecule has 28 heavy (non-hydrogen) atoms. The number of hydrogen-bond donors (Lipinski definition) is 2. The van der Waals surface area contributed by atoms with Gasteiger partial charge in [-0.2, -0.15) is 4.72 Å². The molecule has 1 fully saturated rings. The van der Waals surface area contributed by atoms with E-state index < -0.39 is 39.6 Å². The SMILES string of the molecule is Cc1ccc(S(=O)(=O)N[C@@H](c2ccccc2)[C@H]2OC(=O)C(C)(C)NC2=O)cc1. The molecule has 0 unspecified atom stereocenters. The van der Waals surface area contributed by atoms with Crippen molar-refractivity contribution in [2.45, 2.75) is 43.4 Å². The van der Waals surface area contributed by atoms with E-state index in [4.69, 9.17) is 4.74 Å². The van der Waals surface area contributed by atoms with Gasteiger partial charge in [0.25, 0.3) is 5.91 Å². The van der Waals surface area contributed by atoms with E-state index in [1.54, 1.807) is 42.5 Å². The predicted octanol–water partition coefficient (Wildman–Crippen LogP) is 1.83. The number of nitrogens with one attached hydrogen (secondary N) is 2. The van der Waals surface area contributed by atoms with Gasteiger partial charge in [-0.25, -0.2) is 13.2 Å². The van der Waals surface area contributed by atoms with Crippen molar-refractivity contribution in [1.82, 2.24) is 10.0 Å². The van der Waals surface area contributed by atoms with Crippen LogP contribution in [0.5, 0.6) is 0 Å². The van der Waals surface area contributed by atoms with Crippen LogP contribution in [-0.2, 0) is 24.3 Å². The Balaban J connectivity index is 1.98. The molecule has 1 amide bonds. The van der Waals surface area contributed by atoms with Crippen LogP contribution in [0.15, 0.2) is 59.5 Å². The molecule has 1 aliphatic heterocycles. The molecule has 0 saturated carbocycles. The van der Waals surface area contributed by atoms with Crippen LogP contribution in [0, 0.1) is 6.92 Å². The van der Waals surface area contributed by atoms with Crippen LogP contribution < -0.4 is 10.0 Å². The topological polar surface area (TPSA) is 102 Å². The second-order valence-electron chi connectivity index (χ2n) is 7.26. The average molecular weight is 402 g/mol. The number of esters is 1. The summed E-state index contributed by atoms with van der Waals surface area (Å²) in [6.45, 7) is 4.90. The van der Waals surface area contributed by atoms with Crippen molar-refractivity contribution >= 4 is 21.9 Å². The molecule has 0 bridgehead atoms. The van der Waals surface area contributed by atoms with E-state index in [-0.39, 0.29) is 4.90 Å². The number of carbonyl (C=O) groups is 2. The first-order chi connectivity index (χ1) is 13.1. The predicted molar refractivity (Wildman–Crippen MR) is 103 cm³/mol. The summed E-state index contributed by atoms with van der Waals surface area (Å²) in [4.78, 5) is 24.9. The largest absolute Gasteiger partial charge is 0.448 e. The number of benzene rings is 2. The van der Waals surface area contributed by atoms with Gasteiger partial charge >= 0.3 is 5.97 Å². The highest BCUT2D eigenvalue weighted by Crippen LogP contribution is 2.27. The Morgan fingerprint density at radius 3 is 2.25 bits per heavy atom. The number of aryl methyl sites for hydroxylation is 1. The number of sulfonamides is 1. The first kappa shape index (κ1) is 20.0. The zero-order chi connectivity index (χ0) is 20.5. The molecule has 1 heterocycles. The van der Waals surface area contributed by atoms with Crippen LogP contribution >= 0.6 is 0 Å². The lowest BCUT2D eigenvalue weighted by Gasteiger charge is -2.37. The average Bonchev–Trinajstić information content (AvgIpc) is 2.64. The van der Waals surface area contributed by atoms with Crippen LogP contribution in [-0.4, -0.2) is 31.9 Å². The van der Waals surface area contributed by atoms with Gasteiger partial charge in [0.1, 0.15) is 5.54 Å². The standard InChI is InChI=1S/C20H22N2O5S/c1-13-9-11-15(12-10-13)28(25,26)22-16(14-7-5-4-6-8-14)17-18(23)21-20(2,3)19(24)27-17/h4-12,16-17,22H,1-3H3,(H,21,23)/t16-,17+/m0/s1. The van der Waals surface area contributed by atoms with Crippen LogP contribution in [0.2, 0.25) is 0 Å². The first-order valence-electron chi connectivity index (χ1n) is 8.77. The van der Waals surface area contributed by atoms with Crippen molar-refractivity contribution in [1.29, 1.82) is 0 Å². The zero-order valence-corrected chi connectivity index (χ0v) is 16.6. The number of hydrogen-bond acceptors (Lipinski definition) is 5. The fourth-order valence-corrected chi connectivity index (χ4v) is 4.11. The molecular formula is C20H22N2O5S. The Bertz CT molecular complexity index is 985. The van der Waals surface area contributed by atoms with Crippen LogP contribution in [0.25, 0.3) is 0 Å². The summed E-state index contributed by atoms with van der Waals surface area (Å²) in [5, 5.41) is 2.59. The molecule has 2 aromatic rings. The molecule has 7 nitrogen and oxygen atoms in total. The summed E-state index contributed by atoms with van der Waals surface area (Å²) >= 11 is 0. The highest BCUT2D eigenvalue weighted by molar-refractivity contribution is 7.89. The van der Waals surface area contributed by atoms with Gasteiger partial charge in [0.15, 0.2) is 0 Å². The number of amides is 1. The minimum atomic E-state index is -3.96. The Labute approximate surface area is 164 Å². The maximum atomic E-state index is 12.9. The summed E-state index contributed by atoms with van der Waals surface area (Å²) in [6.07, 6.45) is -1.33.